The van der Waals surface area contributed by atoms with Gasteiger partial charge >= 0.3 is 18.3 Å². The molecular formula is C35H39F6N3O4. The Kier molecular flexibility index (Phi) is 10.6. The van der Waals surface area contributed by atoms with Gasteiger partial charge in [-0.05, 0) is 85.4 Å². The number of fused-ring (bicyclic) bond motifs is 1. The Bertz CT molecular complexity index is 1610. The molecule has 3 aromatic rings. The van der Waals surface area contributed by atoms with E-state index in [-0.39, 0.29) is 6.42 Å². The third-order valence-electron chi connectivity index (χ3n) is 9.54. The summed E-state index contributed by atoms with van der Waals surface area (Å²) < 4.78 is 87.3. The van der Waals surface area contributed by atoms with Crippen LogP contribution in [0.25, 0.3) is 21.9 Å². The molecule has 3 aromatic carbocycles. The van der Waals surface area contributed by atoms with E-state index in [0.29, 0.717) is 16.7 Å². The van der Waals surface area contributed by atoms with Gasteiger partial charge in [0.15, 0.2) is 0 Å². The number of carboxylic acid groups (broad SMARTS) is 1. The van der Waals surface area contributed by atoms with Crippen LogP contribution in [-0.2, 0) is 22.6 Å². The number of nitrogens with one attached hydrogen (secondary N) is 1. The Balaban J connectivity index is 1.39. The van der Waals surface area contributed by atoms with E-state index >= 15 is 0 Å². The number of halogens is 6. The van der Waals surface area contributed by atoms with Gasteiger partial charge in [0.25, 0.3) is 0 Å². The van der Waals surface area contributed by atoms with Gasteiger partial charge in [0.1, 0.15) is 17.2 Å². The number of benzene rings is 3. The maximum atomic E-state index is 14.3. The Morgan fingerprint density at radius 3 is 2.17 bits per heavy atom. The molecule has 1 atom stereocenters. The number of hydrogen-bond acceptors (Lipinski definition) is 5. The van der Waals surface area contributed by atoms with Crippen molar-refractivity contribution in [3.8, 4) is 16.9 Å². The van der Waals surface area contributed by atoms with Crippen LogP contribution in [0.3, 0.4) is 0 Å². The molecule has 2 aliphatic rings. The number of alkyl halides is 6. The number of ether oxygens (including phenoxy) is 1. The Hall–Kier alpha value is -3.84. The summed E-state index contributed by atoms with van der Waals surface area (Å²) in [5.41, 5.74) is 0.221. The van der Waals surface area contributed by atoms with Gasteiger partial charge in [0, 0.05) is 18.5 Å². The van der Waals surface area contributed by atoms with E-state index < -0.39 is 68.2 Å². The molecule has 0 saturated carbocycles. The lowest BCUT2D eigenvalue weighted by atomic mass is 9.76. The number of hydrogen-bond donors (Lipinski definition) is 2. The molecule has 0 aliphatic carbocycles. The van der Waals surface area contributed by atoms with Crippen LogP contribution in [0.4, 0.5) is 26.3 Å². The molecule has 260 valence electrons. The van der Waals surface area contributed by atoms with E-state index in [1.807, 2.05) is 24.3 Å². The molecular weight excluding hydrogens is 640 g/mol. The molecule has 0 bridgehead atoms. The molecule has 1 amide bonds. The van der Waals surface area contributed by atoms with E-state index in [0.717, 1.165) is 46.6 Å². The van der Waals surface area contributed by atoms with Crippen LogP contribution in [0.1, 0.15) is 43.2 Å². The number of carboxylic acids is 1. The first-order chi connectivity index (χ1) is 22.7. The second-order valence-electron chi connectivity index (χ2n) is 12.7. The van der Waals surface area contributed by atoms with Gasteiger partial charge < -0.3 is 15.2 Å². The lowest BCUT2D eigenvalue weighted by Gasteiger charge is -2.42. The minimum atomic E-state index is -5.10. The first kappa shape index (κ1) is 35.5. The summed E-state index contributed by atoms with van der Waals surface area (Å²) >= 11 is 0. The summed E-state index contributed by atoms with van der Waals surface area (Å²) in [4.78, 5) is 28.8. The monoisotopic (exact) mass is 679 g/mol. The largest absolute Gasteiger partial charge is 0.496 e. The van der Waals surface area contributed by atoms with Crippen molar-refractivity contribution >= 4 is 22.6 Å². The number of carbonyl (C=O) groups is 2. The quantitative estimate of drug-likeness (QED) is 0.229. The van der Waals surface area contributed by atoms with Gasteiger partial charge in [-0.1, -0.05) is 55.0 Å². The highest BCUT2D eigenvalue weighted by molar-refractivity contribution is 6.00. The SMILES string of the molecule is COc1cc(CN2CCCCC2)ccc1-c1cccc2c(C[C@H](NC(=O)C3(C(F)(F)F)CCN(CC(F)(F)F)CC3)C(=O)O)cccc12. The third kappa shape index (κ3) is 7.89. The van der Waals surface area contributed by atoms with Gasteiger partial charge in [0.2, 0.25) is 5.91 Å². The van der Waals surface area contributed by atoms with Crippen LogP contribution in [0, 0.1) is 5.41 Å². The van der Waals surface area contributed by atoms with Crippen LogP contribution in [0.2, 0.25) is 0 Å². The molecule has 0 aromatic heterocycles. The molecule has 2 saturated heterocycles. The number of likely N-dealkylation sites (tertiary alicyclic amines) is 2. The first-order valence-electron chi connectivity index (χ1n) is 16.0. The summed E-state index contributed by atoms with van der Waals surface area (Å²) in [5, 5.41) is 13.5. The average molecular weight is 680 g/mol. The van der Waals surface area contributed by atoms with Crippen LogP contribution in [0.5, 0.6) is 5.75 Å². The minimum absolute atomic E-state index is 0.318. The molecule has 2 heterocycles. The van der Waals surface area contributed by atoms with E-state index in [1.165, 1.54) is 19.3 Å². The number of piperidine rings is 2. The smallest absolute Gasteiger partial charge is 0.403 e. The number of methoxy groups -OCH3 is 1. The molecule has 5 rings (SSSR count). The molecule has 48 heavy (non-hydrogen) atoms. The van der Waals surface area contributed by atoms with E-state index in [2.05, 4.69) is 16.3 Å². The highest BCUT2D eigenvalue weighted by Crippen LogP contribution is 2.47. The van der Waals surface area contributed by atoms with Gasteiger partial charge in [0.05, 0.1) is 13.7 Å². The molecule has 2 aliphatic heterocycles. The fraction of sp³-hybridized carbons (Fsp3) is 0.486. The van der Waals surface area contributed by atoms with Gasteiger partial charge in [-0.15, -0.1) is 0 Å². The van der Waals surface area contributed by atoms with Gasteiger partial charge in [-0.3, -0.25) is 14.6 Å². The lowest BCUT2D eigenvalue weighted by molar-refractivity contribution is -0.236. The number of carbonyl (C=O) groups excluding carboxylic acids is 1. The predicted molar refractivity (Wildman–Crippen MR) is 169 cm³/mol. The van der Waals surface area contributed by atoms with Crippen molar-refractivity contribution in [2.45, 2.75) is 63.5 Å². The Morgan fingerprint density at radius 1 is 0.875 bits per heavy atom. The predicted octanol–water partition coefficient (Wildman–Crippen LogP) is 6.82. The molecule has 2 fully saturated rings. The first-order valence-corrected chi connectivity index (χ1v) is 16.0. The number of amides is 1. The topological polar surface area (TPSA) is 82.1 Å². The molecule has 0 radical (unpaired) electrons. The van der Waals surface area contributed by atoms with Gasteiger partial charge in [-0.25, -0.2) is 4.79 Å². The Morgan fingerprint density at radius 2 is 1.54 bits per heavy atom. The van der Waals surface area contributed by atoms with Crippen LogP contribution < -0.4 is 10.1 Å². The summed E-state index contributed by atoms with van der Waals surface area (Å²) in [6.45, 7) is 0.285. The highest BCUT2D eigenvalue weighted by atomic mass is 19.4. The maximum absolute atomic E-state index is 14.3. The molecule has 0 unspecified atom stereocenters. The van der Waals surface area contributed by atoms with Crippen LogP contribution >= 0.6 is 0 Å². The van der Waals surface area contributed by atoms with Crippen molar-refractivity contribution in [2.24, 2.45) is 5.41 Å². The Labute approximate surface area is 274 Å². The van der Waals surface area contributed by atoms with Crippen LogP contribution in [0.15, 0.2) is 54.6 Å². The normalized spacial score (nSPS) is 18.4. The van der Waals surface area contributed by atoms with Crippen molar-refractivity contribution in [1.82, 2.24) is 15.1 Å². The fourth-order valence-corrected chi connectivity index (χ4v) is 6.92. The zero-order valence-corrected chi connectivity index (χ0v) is 26.6. The van der Waals surface area contributed by atoms with Crippen LogP contribution in [-0.4, -0.2) is 85.0 Å². The minimum Gasteiger partial charge on any atom is -0.496 e. The number of rotatable bonds is 10. The van der Waals surface area contributed by atoms with E-state index in [1.54, 1.807) is 31.4 Å². The third-order valence-corrected chi connectivity index (χ3v) is 9.54. The van der Waals surface area contributed by atoms with Crippen molar-refractivity contribution in [3.05, 3.63) is 65.7 Å². The fourth-order valence-electron chi connectivity index (χ4n) is 6.92. The molecule has 7 nitrogen and oxygen atoms in total. The lowest BCUT2D eigenvalue weighted by Crippen LogP contribution is -2.59. The van der Waals surface area contributed by atoms with Crippen molar-refractivity contribution in [2.75, 3.05) is 39.8 Å². The zero-order valence-electron chi connectivity index (χ0n) is 26.6. The van der Waals surface area contributed by atoms with E-state index in [4.69, 9.17) is 4.74 Å². The highest BCUT2D eigenvalue weighted by Gasteiger charge is 2.61. The number of aliphatic carboxylic acids is 1. The average Bonchev–Trinajstić information content (AvgIpc) is 3.03. The summed E-state index contributed by atoms with van der Waals surface area (Å²) in [6, 6.07) is 15.0. The second-order valence-corrected chi connectivity index (χ2v) is 12.7. The summed E-state index contributed by atoms with van der Waals surface area (Å²) in [6.07, 6.45) is -8.26. The molecule has 0 spiro atoms. The standard InChI is InChI=1S/C35H39F6N3O4/c1-48-30-19-23(21-43-15-3-2-4-16-43)11-12-28(30)27-10-6-8-25-24(7-5-9-26(25)27)20-29(31(45)46)42-32(47)33(35(39,40)41)13-17-44(18-14-33)22-34(36,37)38/h5-12,19,29H,2-4,13-18,20-22H2,1H3,(H,42,47)(H,45,46)/t29-/m0/s1. The second kappa shape index (κ2) is 14.3. The molecule has 2 N–H and O–H groups in total. The zero-order chi connectivity index (χ0) is 34.7. The maximum Gasteiger partial charge on any atom is 0.403 e. The van der Waals surface area contributed by atoms with Crippen molar-refractivity contribution in [1.29, 1.82) is 0 Å². The molecule has 13 heteroatoms. The number of nitrogens with zero attached hydrogens (tertiary/aromatic N) is 2. The van der Waals surface area contributed by atoms with Gasteiger partial charge in [-0.2, -0.15) is 26.3 Å². The summed E-state index contributed by atoms with van der Waals surface area (Å²) in [7, 11) is 1.59. The van der Waals surface area contributed by atoms with Crippen molar-refractivity contribution in [3.63, 3.8) is 0 Å². The summed E-state index contributed by atoms with van der Waals surface area (Å²) in [5.74, 6) is -2.42. The van der Waals surface area contributed by atoms with Crippen molar-refractivity contribution < 1.29 is 45.8 Å². The van der Waals surface area contributed by atoms with E-state index in [9.17, 15) is 41.0 Å².